The van der Waals surface area contributed by atoms with Crippen molar-refractivity contribution in [3.63, 3.8) is 0 Å². The van der Waals surface area contributed by atoms with E-state index in [0.717, 1.165) is 6.07 Å². The Bertz CT molecular complexity index is 1870. The van der Waals surface area contributed by atoms with E-state index >= 15 is 0 Å². The lowest BCUT2D eigenvalue weighted by atomic mass is 10.1. The van der Waals surface area contributed by atoms with Crippen LogP contribution in [0, 0.1) is 5.95 Å². The fourth-order valence-electron chi connectivity index (χ4n) is 3.95. The molecule has 1 aromatic heterocycles. The zero-order valence-corrected chi connectivity index (χ0v) is 26.4. The summed E-state index contributed by atoms with van der Waals surface area (Å²) in [6.45, 7) is -0.731. The normalized spacial score (nSPS) is 11.9. The van der Waals surface area contributed by atoms with Crippen molar-refractivity contribution in [2.75, 3.05) is 36.5 Å². The Labute approximate surface area is 277 Å². The zero-order valence-electron chi connectivity index (χ0n) is 23.2. The number of fused-ring (bicyclic) bond motifs is 1. The lowest BCUT2D eigenvalue weighted by Gasteiger charge is -2.21. The molecule has 0 spiro atoms. The first-order valence-electron chi connectivity index (χ1n) is 12.6. The molecule has 3 aromatic carbocycles. The summed E-state index contributed by atoms with van der Waals surface area (Å²) in [7, 11) is -4.99. The molecule has 0 radical (unpaired) electrons. The van der Waals surface area contributed by atoms with Crippen molar-refractivity contribution in [2.45, 2.75) is 14.7 Å². The van der Waals surface area contributed by atoms with Gasteiger partial charge in [0.25, 0.3) is 10.1 Å². The number of halogens is 2. The van der Waals surface area contributed by atoms with E-state index in [1.807, 2.05) is 0 Å². The quantitative estimate of drug-likeness (QED) is 0.0195. The van der Waals surface area contributed by atoms with Crippen LogP contribution in [0.3, 0.4) is 0 Å². The summed E-state index contributed by atoms with van der Waals surface area (Å²) in [6, 6.07) is 9.28. The third-order valence-electron chi connectivity index (χ3n) is 5.92. The van der Waals surface area contributed by atoms with Gasteiger partial charge in [0.15, 0.2) is 11.6 Å². The van der Waals surface area contributed by atoms with Crippen molar-refractivity contribution >= 4 is 85.4 Å². The first-order chi connectivity index (χ1) is 22.5. The molecule has 47 heavy (non-hydrogen) atoms. The summed E-state index contributed by atoms with van der Waals surface area (Å²) in [4.78, 5) is 8.78. The molecule has 0 aliphatic rings. The van der Waals surface area contributed by atoms with E-state index < -0.39 is 37.4 Å². The van der Waals surface area contributed by atoms with Crippen LogP contribution in [0.1, 0.15) is 0 Å². The molecule has 4 rings (SSSR count). The van der Waals surface area contributed by atoms with E-state index in [2.05, 4.69) is 44.3 Å². The molecule has 7 N–H and O–H groups in total. The van der Waals surface area contributed by atoms with Crippen molar-refractivity contribution in [3.05, 3.63) is 53.4 Å². The fourth-order valence-corrected chi connectivity index (χ4v) is 5.56. The Morgan fingerprint density at radius 2 is 1.68 bits per heavy atom. The van der Waals surface area contributed by atoms with E-state index in [0.29, 0.717) is 29.0 Å². The minimum atomic E-state index is -4.99. The van der Waals surface area contributed by atoms with Crippen molar-refractivity contribution < 1.29 is 61.9 Å². The molecule has 0 saturated heterocycles. The molecular weight excluding hydrogens is 715 g/mol. The van der Waals surface area contributed by atoms with Gasteiger partial charge in [-0.15, -0.1) is 18.9 Å². The highest BCUT2D eigenvalue weighted by molar-refractivity contribution is 7.94. The number of benzene rings is 3. The maximum atomic E-state index is 14.7. The number of nitrogens with one attached hydrogen (secondary N) is 1. The average molecular weight is 737 g/mol. The number of aromatic hydroxyl groups is 1. The van der Waals surface area contributed by atoms with Gasteiger partial charge in [0, 0.05) is 29.1 Å². The number of aliphatic hydroxyl groups excluding tert-OH is 2. The summed E-state index contributed by atoms with van der Waals surface area (Å²) in [5.74, 6) is -2.20. The minimum Gasteiger partial charge on any atom is -0.505 e. The van der Waals surface area contributed by atoms with Gasteiger partial charge in [-0.05, 0) is 47.9 Å². The number of hydrogen-bond acceptors (Lipinski definition) is 19. The Hall–Kier alpha value is -3.49. The Morgan fingerprint density at radius 1 is 0.979 bits per heavy atom. The number of azo groups is 1. The van der Waals surface area contributed by atoms with Gasteiger partial charge in [-0.2, -0.15) is 22.8 Å². The van der Waals surface area contributed by atoms with E-state index in [-0.39, 0.29) is 65.1 Å². The summed E-state index contributed by atoms with van der Waals surface area (Å²) in [5, 5.41) is 64.2. The van der Waals surface area contributed by atoms with Gasteiger partial charge in [-0.1, -0.05) is 21.7 Å². The highest BCUT2D eigenvalue weighted by atomic mass is 35.5. The standard InChI is InChI=1S/C24H22ClFN6O12S3/c25-19-22(26)28-24(32(5-7-33)6-8-34)29-23(19)27-13-1-4-17(46-44-42-37)16(11-13)30-31-20-18(47(38,39)40)10-12-9-14(45-43-41-36)2-3-15(12)21(20)35/h1-4,9-11,33-37H,5-8H2,(H,27,28,29)(H,38,39,40). The van der Waals surface area contributed by atoms with Crippen molar-refractivity contribution in [2.24, 2.45) is 10.2 Å². The molecule has 0 aliphatic carbocycles. The van der Waals surface area contributed by atoms with E-state index in [4.69, 9.17) is 22.1 Å². The molecule has 1 heterocycles. The van der Waals surface area contributed by atoms with Crippen molar-refractivity contribution in [3.8, 4) is 5.75 Å². The van der Waals surface area contributed by atoms with E-state index in [9.17, 15) is 32.7 Å². The van der Waals surface area contributed by atoms with Crippen LogP contribution in [-0.4, -0.2) is 75.1 Å². The number of aliphatic hydroxyl groups is 2. The van der Waals surface area contributed by atoms with Gasteiger partial charge >= 0.3 is 0 Å². The molecule has 0 amide bonds. The van der Waals surface area contributed by atoms with Crippen LogP contribution in [0.25, 0.3) is 10.8 Å². The molecule has 0 aliphatic heterocycles. The van der Waals surface area contributed by atoms with Crippen LogP contribution in [-0.2, 0) is 28.9 Å². The highest BCUT2D eigenvalue weighted by Gasteiger charge is 2.23. The number of anilines is 3. The predicted octanol–water partition coefficient (Wildman–Crippen LogP) is 5.18. The topological polar surface area (TPSA) is 258 Å². The van der Waals surface area contributed by atoms with Gasteiger partial charge in [0.05, 0.1) is 42.2 Å². The maximum absolute atomic E-state index is 14.7. The SMILES string of the molecule is O=S(=O)(O)c1cc2cc(SOOO)ccc2c(O)c1N=Nc1cc(Nc2nc(N(CCO)CCO)nc(F)c2Cl)ccc1SOOO. The van der Waals surface area contributed by atoms with Gasteiger partial charge < -0.3 is 25.5 Å². The maximum Gasteiger partial charge on any atom is 0.296 e. The van der Waals surface area contributed by atoms with Crippen LogP contribution in [0.2, 0.25) is 5.02 Å². The van der Waals surface area contributed by atoms with E-state index in [1.54, 1.807) is 0 Å². The van der Waals surface area contributed by atoms with Crippen LogP contribution in [0.5, 0.6) is 5.75 Å². The minimum absolute atomic E-state index is 0.0230. The Balaban J connectivity index is 1.78. The third-order valence-corrected chi connectivity index (χ3v) is 8.35. The van der Waals surface area contributed by atoms with Crippen LogP contribution in [0.15, 0.2) is 67.4 Å². The number of nitrogens with zero attached hydrogens (tertiary/aromatic N) is 5. The largest absolute Gasteiger partial charge is 0.505 e. The first kappa shape index (κ1) is 36.3. The van der Waals surface area contributed by atoms with Crippen LogP contribution < -0.4 is 10.2 Å². The monoisotopic (exact) mass is 736 g/mol. The molecule has 0 bridgehead atoms. The lowest BCUT2D eigenvalue weighted by Crippen LogP contribution is -2.31. The molecular formula is C24H22ClFN6O12S3. The lowest BCUT2D eigenvalue weighted by molar-refractivity contribution is -0.432. The first-order valence-corrected chi connectivity index (χ1v) is 15.9. The van der Waals surface area contributed by atoms with Crippen molar-refractivity contribution in [1.82, 2.24) is 9.97 Å². The molecule has 252 valence electrons. The molecule has 18 nitrogen and oxygen atoms in total. The van der Waals surface area contributed by atoms with Crippen molar-refractivity contribution in [1.29, 1.82) is 0 Å². The third kappa shape index (κ3) is 9.11. The summed E-state index contributed by atoms with van der Waals surface area (Å²) >= 11 is 7.11. The Morgan fingerprint density at radius 3 is 2.34 bits per heavy atom. The van der Waals surface area contributed by atoms with Gasteiger partial charge in [0.1, 0.15) is 21.3 Å². The molecule has 0 atom stereocenters. The molecule has 4 aromatic rings. The number of aromatic nitrogens is 2. The van der Waals surface area contributed by atoms with Gasteiger partial charge in [0.2, 0.25) is 11.9 Å². The molecule has 0 saturated carbocycles. The number of phenolic OH excluding ortho intramolecular Hbond substituents is 1. The number of hydrogen-bond donors (Lipinski definition) is 7. The van der Waals surface area contributed by atoms with Crippen LogP contribution >= 0.6 is 35.7 Å². The predicted molar refractivity (Wildman–Crippen MR) is 164 cm³/mol. The molecule has 0 unspecified atom stereocenters. The second-order valence-corrected chi connectivity index (χ2v) is 12.1. The summed E-state index contributed by atoms with van der Waals surface area (Å²) < 4.78 is 58.0. The second kappa shape index (κ2) is 16.6. The summed E-state index contributed by atoms with van der Waals surface area (Å²) in [5.41, 5.74) is -0.590. The fraction of sp³-hybridized carbons (Fsp3) is 0.167. The second-order valence-electron chi connectivity index (χ2n) is 8.80. The average Bonchev–Trinajstić information content (AvgIpc) is 3.04. The highest BCUT2D eigenvalue weighted by Crippen LogP contribution is 2.43. The zero-order chi connectivity index (χ0) is 34.1. The Kier molecular flexibility index (Phi) is 12.8. The molecule has 0 fully saturated rings. The number of phenols is 1. The summed E-state index contributed by atoms with van der Waals surface area (Å²) in [6.07, 6.45) is 0. The van der Waals surface area contributed by atoms with E-state index in [1.165, 1.54) is 41.3 Å². The number of rotatable bonds is 16. The van der Waals surface area contributed by atoms with Crippen LogP contribution in [0.4, 0.5) is 33.2 Å². The molecule has 23 heteroatoms. The van der Waals surface area contributed by atoms with Gasteiger partial charge in [-0.25, -0.2) is 10.5 Å². The smallest absolute Gasteiger partial charge is 0.296 e. The van der Waals surface area contributed by atoms with Gasteiger partial charge in [-0.3, -0.25) is 4.55 Å².